The van der Waals surface area contributed by atoms with Gasteiger partial charge in [-0.05, 0) is 103 Å². The lowest BCUT2D eigenvalue weighted by atomic mass is 9.98. The van der Waals surface area contributed by atoms with Gasteiger partial charge < -0.3 is 9.64 Å². The van der Waals surface area contributed by atoms with Crippen LogP contribution in [0, 0.1) is 5.95 Å². The summed E-state index contributed by atoms with van der Waals surface area (Å²) in [6.07, 6.45) is 6.80. The standard InChI is InChI=1S/C35H29ClFN7O2/c36-26-10-6-23(7-11-26)35(45)42-16-14-22-8-12-27(18-25(22)20-42)43-21-30(39-41-43)33-29-19-24(28-4-3-15-38-34(28)37)9-13-31(29)44(40-33)32-5-1-2-17-46-32/h3-4,6-13,15,18-19,21,32H,1-2,5,14,16-17,20H2. The Hall–Kier alpha value is -4.93. The van der Waals surface area contributed by atoms with Crippen molar-refractivity contribution >= 4 is 28.4 Å². The van der Waals surface area contributed by atoms with Crippen LogP contribution in [-0.2, 0) is 17.7 Å². The van der Waals surface area contributed by atoms with Crippen LogP contribution in [0.3, 0.4) is 0 Å². The van der Waals surface area contributed by atoms with Crippen molar-refractivity contribution in [3.8, 4) is 28.2 Å². The molecule has 3 aromatic carbocycles. The summed E-state index contributed by atoms with van der Waals surface area (Å²) in [6, 6.07) is 22.4. The van der Waals surface area contributed by atoms with Gasteiger partial charge in [0.15, 0.2) is 6.23 Å². The van der Waals surface area contributed by atoms with Crippen molar-refractivity contribution in [1.29, 1.82) is 0 Å². The highest BCUT2D eigenvalue weighted by molar-refractivity contribution is 6.30. The van der Waals surface area contributed by atoms with Crippen LogP contribution in [0.25, 0.3) is 39.1 Å². The number of ether oxygens (including phenoxy) is 1. The van der Waals surface area contributed by atoms with E-state index >= 15 is 0 Å². The number of fused-ring (bicyclic) bond motifs is 2. The third-order valence-electron chi connectivity index (χ3n) is 8.79. The van der Waals surface area contributed by atoms with Gasteiger partial charge in [0.05, 0.1) is 17.4 Å². The van der Waals surface area contributed by atoms with E-state index in [1.807, 2.05) is 40.0 Å². The highest BCUT2D eigenvalue weighted by Crippen LogP contribution is 2.35. The molecule has 1 saturated heterocycles. The Morgan fingerprint density at radius 2 is 1.89 bits per heavy atom. The van der Waals surface area contributed by atoms with Crippen molar-refractivity contribution in [3.63, 3.8) is 0 Å². The lowest BCUT2D eigenvalue weighted by molar-refractivity contribution is -0.0365. The predicted octanol–water partition coefficient (Wildman–Crippen LogP) is 7.04. The summed E-state index contributed by atoms with van der Waals surface area (Å²) in [7, 11) is 0. The van der Waals surface area contributed by atoms with Gasteiger partial charge in [-0.15, -0.1) is 5.10 Å². The topological polar surface area (TPSA) is 91.0 Å². The molecule has 8 rings (SSSR count). The van der Waals surface area contributed by atoms with Crippen molar-refractivity contribution < 1.29 is 13.9 Å². The molecule has 0 spiro atoms. The molecular weight excluding hydrogens is 605 g/mol. The smallest absolute Gasteiger partial charge is 0.254 e. The average molecular weight is 634 g/mol. The minimum Gasteiger partial charge on any atom is -0.356 e. The van der Waals surface area contributed by atoms with Crippen LogP contribution < -0.4 is 0 Å². The maximum atomic E-state index is 14.7. The molecular formula is C35H29ClFN7O2. The third-order valence-corrected chi connectivity index (χ3v) is 9.04. The van der Waals surface area contributed by atoms with Gasteiger partial charge in [0.25, 0.3) is 5.91 Å². The molecule has 1 atom stereocenters. The predicted molar refractivity (Wildman–Crippen MR) is 172 cm³/mol. The Bertz CT molecular complexity index is 2090. The van der Waals surface area contributed by atoms with Gasteiger partial charge in [-0.25, -0.2) is 14.3 Å². The maximum absolute atomic E-state index is 14.7. The molecule has 0 aliphatic carbocycles. The summed E-state index contributed by atoms with van der Waals surface area (Å²) in [5.41, 5.74) is 6.93. The Morgan fingerprint density at radius 3 is 2.72 bits per heavy atom. The van der Waals surface area contributed by atoms with E-state index in [2.05, 4.69) is 27.4 Å². The first kappa shape index (κ1) is 28.5. The van der Waals surface area contributed by atoms with Gasteiger partial charge >= 0.3 is 0 Å². The molecule has 230 valence electrons. The number of benzene rings is 3. The number of halogens is 2. The van der Waals surface area contributed by atoms with Crippen LogP contribution in [0.4, 0.5) is 4.39 Å². The monoisotopic (exact) mass is 633 g/mol. The van der Waals surface area contributed by atoms with Crippen LogP contribution >= 0.6 is 11.6 Å². The molecule has 2 aliphatic rings. The van der Waals surface area contributed by atoms with Crippen LogP contribution in [-0.4, -0.2) is 53.7 Å². The first-order valence-electron chi connectivity index (χ1n) is 15.4. The number of aromatic nitrogens is 6. The molecule has 5 heterocycles. The van der Waals surface area contributed by atoms with E-state index in [1.54, 1.807) is 41.1 Å². The summed E-state index contributed by atoms with van der Waals surface area (Å²) in [6.45, 7) is 1.82. The molecule has 1 unspecified atom stereocenters. The Kier molecular flexibility index (Phi) is 7.31. The number of nitrogens with zero attached hydrogens (tertiary/aromatic N) is 7. The number of pyridine rings is 1. The lowest BCUT2D eigenvalue weighted by Crippen LogP contribution is -2.36. The van der Waals surface area contributed by atoms with E-state index in [9.17, 15) is 9.18 Å². The molecule has 6 aromatic rings. The van der Waals surface area contributed by atoms with Crippen LogP contribution in [0.2, 0.25) is 5.02 Å². The van der Waals surface area contributed by atoms with Gasteiger partial charge in [0.2, 0.25) is 5.95 Å². The molecule has 11 heteroatoms. The number of carbonyl (C=O) groups is 1. The van der Waals surface area contributed by atoms with Crippen molar-refractivity contribution in [2.45, 2.75) is 38.5 Å². The second-order valence-electron chi connectivity index (χ2n) is 11.7. The van der Waals surface area contributed by atoms with E-state index in [1.165, 1.54) is 11.8 Å². The Balaban J connectivity index is 1.14. The number of amides is 1. The van der Waals surface area contributed by atoms with Crippen LogP contribution in [0.15, 0.2) is 85.2 Å². The summed E-state index contributed by atoms with van der Waals surface area (Å²) < 4.78 is 24.4. The number of hydrogen-bond acceptors (Lipinski definition) is 6. The molecule has 0 radical (unpaired) electrons. The van der Waals surface area contributed by atoms with E-state index < -0.39 is 5.95 Å². The number of rotatable bonds is 5. The highest BCUT2D eigenvalue weighted by atomic mass is 35.5. The molecule has 46 heavy (non-hydrogen) atoms. The molecule has 0 N–H and O–H groups in total. The quantitative estimate of drug-likeness (QED) is 0.189. The maximum Gasteiger partial charge on any atom is 0.254 e. The molecule has 0 bridgehead atoms. The summed E-state index contributed by atoms with van der Waals surface area (Å²) in [5, 5.41) is 15.4. The van der Waals surface area contributed by atoms with E-state index in [-0.39, 0.29) is 12.1 Å². The molecule has 2 aliphatic heterocycles. The van der Waals surface area contributed by atoms with Crippen molar-refractivity contribution in [2.75, 3.05) is 13.2 Å². The minimum absolute atomic E-state index is 0.0225. The second-order valence-corrected chi connectivity index (χ2v) is 12.1. The fourth-order valence-corrected chi connectivity index (χ4v) is 6.49. The minimum atomic E-state index is -0.529. The largest absolute Gasteiger partial charge is 0.356 e. The molecule has 3 aromatic heterocycles. The van der Waals surface area contributed by atoms with Gasteiger partial charge in [-0.3, -0.25) is 4.79 Å². The summed E-state index contributed by atoms with van der Waals surface area (Å²) in [4.78, 5) is 18.9. The Labute approximate surface area is 269 Å². The SMILES string of the molecule is O=C(c1ccc(Cl)cc1)N1CCc2ccc(-n3cc(-c4nn(C5CCCCO5)c5ccc(-c6cccnc6F)cc45)nn3)cc2C1. The number of hydrogen-bond donors (Lipinski definition) is 0. The first-order chi connectivity index (χ1) is 22.5. The fourth-order valence-electron chi connectivity index (χ4n) is 6.37. The zero-order valence-electron chi connectivity index (χ0n) is 24.8. The molecule has 1 amide bonds. The van der Waals surface area contributed by atoms with Crippen molar-refractivity contribution in [1.82, 2.24) is 34.7 Å². The zero-order chi connectivity index (χ0) is 31.2. The molecule has 0 saturated carbocycles. The van der Waals surface area contributed by atoms with Gasteiger partial charge in [-0.2, -0.15) is 9.49 Å². The average Bonchev–Trinajstić information content (AvgIpc) is 3.74. The Morgan fingerprint density at radius 1 is 1.00 bits per heavy atom. The van der Waals surface area contributed by atoms with E-state index in [0.29, 0.717) is 52.8 Å². The van der Waals surface area contributed by atoms with Crippen LogP contribution in [0.1, 0.15) is 47.0 Å². The highest BCUT2D eigenvalue weighted by Gasteiger charge is 2.25. The van der Waals surface area contributed by atoms with Crippen molar-refractivity contribution in [2.24, 2.45) is 0 Å². The van der Waals surface area contributed by atoms with E-state index in [0.717, 1.165) is 47.8 Å². The zero-order valence-corrected chi connectivity index (χ0v) is 25.6. The third kappa shape index (κ3) is 5.23. The van der Waals surface area contributed by atoms with Crippen molar-refractivity contribution in [3.05, 3.63) is 113 Å². The first-order valence-corrected chi connectivity index (χ1v) is 15.7. The van der Waals surface area contributed by atoms with E-state index in [4.69, 9.17) is 21.4 Å². The fraction of sp³-hybridized carbons (Fsp3) is 0.229. The molecule has 1 fully saturated rings. The van der Waals surface area contributed by atoms with Crippen LogP contribution in [0.5, 0.6) is 0 Å². The number of carbonyl (C=O) groups excluding carboxylic acids is 1. The lowest BCUT2D eigenvalue weighted by Gasteiger charge is -2.29. The van der Waals surface area contributed by atoms with Gasteiger partial charge in [-0.1, -0.05) is 28.9 Å². The second kappa shape index (κ2) is 11.8. The van der Waals surface area contributed by atoms with Gasteiger partial charge in [0, 0.05) is 47.4 Å². The summed E-state index contributed by atoms with van der Waals surface area (Å²) in [5.74, 6) is -0.552. The molecule has 9 nitrogen and oxygen atoms in total. The van der Waals surface area contributed by atoms with Gasteiger partial charge in [0.1, 0.15) is 11.4 Å². The normalized spacial score (nSPS) is 16.5. The summed E-state index contributed by atoms with van der Waals surface area (Å²) >= 11 is 6.02.